The molecular weight excluding hydrogens is 288 g/mol. The van der Waals surface area contributed by atoms with E-state index in [1.165, 1.54) is 10.8 Å². The lowest BCUT2D eigenvalue weighted by atomic mass is 10.2. The van der Waals surface area contributed by atoms with Crippen molar-refractivity contribution in [2.75, 3.05) is 0 Å². The van der Waals surface area contributed by atoms with Gasteiger partial charge < -0.3 is 4.74 Å². The van der Waals surface area contributed by atoms with Crippen LogP contribution in [0.5, 0.6) is 0 Å². The number of ether oxygens (including phenoxy) is 1. The van der Waals surface area contributed by atoms with E-state index in [1.807, 2.05) is 0 Å². The zero-order chi connectivity index (χ0) is 12.4. The van der Waals surface area contributed by atoms with Crippen LogP contribution in [0.1, 0.15) is 25.5 Å². The van der Waals surface area contributed by atoms with Crippen LogP contribution < -0.4 is 11.2 Å². The van der Waals surface area contributed by atoms with Crippen molar-refractivity contribution >= 4 is 15.9 Å². The van der Waals surface area contributed by atoms with Crippen LogP contribution in [0.4, 0.5) is 0 Å². The molecule has 1 aliphatic heterocycles. The van der Waals surface area contributed by atoms with Crippen LogP contribution in [0, 0.1) is 0 Å². The first kappa shape index (κ1) is 12.3. The van der Waals surface area contributed by atoms with Crippen molar-refractivity contribution in [1.29, 1.82) is 0 Å². The first-order valence-electron chi connectivity index (χ1n) is 5.39. The highest BCUT2D eigenvalue weighted by molar-refractivity contribution is 9.10. The molecule has 6 heteroatoms. The van der Waals surface area contributed by atoms with Gasteiger partial charge in [-0.3, -0.25) is 14.3 Å². The molecule has 1 aliphatic rings. The number of aromatic amines is 1. The minimum Gasteiger partial charge on any atom is -0.354 e. The van der Waals surface area contributed by atoms with E-state index < -0.39 is 11.2 Å². The summed E-state index contributed by atoms with van der Waals surface area (Å²) < 4.78 is 7.45. The Labute approximate surface area is 106 Å². The molecule has 0 bridgehead atoms. The Morgan fingerprint density at radius 2 is 2.35 bits per heavy atom. The summed E-state index contributed by atoms with van der Waals surface area (Å²) in [7, 11) is 0. The molecule has 5 nitrogen and oxygen atoms in total. The molecule has 1 N–H and O–H groups in total. The molecule has 2 heterocycles. The van der Waals surface area contributed by atoms with E-state index >= 15 is 0 Å². The molecule has 0 aliphatic carbocycles. The quantitative estimate of drug-likeness (QED) is 0.862. The van der Waals surface area contributed by atoms with Crippen molar-refractivity contribution in [3.05, 3.63) is 44.2 Å². The van der Waals surface area contributed by atoms with Gasteiger partial charge in [0, 0.05) is 6.20 Å². The molecule has 0 unspecified atom stereocenters. The maximum absolute atomic E-state index is 11.6. The summed E-state index contributed by atoms with van der Waals surface area (Å²) in [6.45, 7) is 3.66. The molecule has 0 amide bonds. The molecule has 0 radical (unpaired) electrons. The Morgan fingerprint density at radius 1 is 1.59 bits per heavy atom. The Kier molecular flexibility index (Phi) is 3.63. The normalized spacial score (nSPS) is 23.8. The van der Waals surface area contributed by atoms with Crippen LogP contribution in [-0.2, 0) is 4.74 Å². The molecule has 2 atom stereocenters. The second kappa shape index (κ2) is 5.01. The van der Waals surface area contributed by atoms with Gasteiger partial charge in [-0.15, -0.1) is 6.58 Å². The van der Waals surface area contributed by atoms with Crippen LogP contribution in [0.2, 0.25) is 0 Å². The van der Waals surface area contributed by atoms with Crippen LogP contribution in [-0.4, -0.2) is 15.7 Å². The third kappa shape index (κ3) is 2.58. The SMILES string of the molecule is C=CC[C@@H]1CC[C@H](n2cc(Br)c(=O)[nH]c2=O)O1. The number of aromatic nitrogens is 2. The van der Waals surface area contributed by atoms with Crippen LogP contribution in [0.25, 0.3) is 0 Å². The second-order valence-corrected chi connectivity index (χ2v) is 4.81. The summed E-state index contributed by atoms with van der Waals surface area (Å²) in [6.07, 6.45) is 5.50. The van der Waals surface area contributed by atoms with E-state index in [0.29, 0.717) is 4.47 Å². The number of nitrogens with one attached hydrogen (secondary N) is 1. The minimum absolute atomic E-state index is 0.107. The average Bonchev–Trinajstić information content (AvgIpc) is 2.72. The maximum Gasteiger partial charge on any atom is 0.330 e. The van der Waals surface area contributed by atoms with E-state index in [1.54, 1.807) is 6.08 Å². The summed E-state index contributed by atoms with van der Waals surface area (Å²) in [4.78, 5) is 25.1. The van der Waals surface area contributed by atoms with Crippen LogP contribution >= 0.6 is 15.9 Å². The summed E-state index contributed by atoms with van der Waals surface area (Å²) in [5.74, 6) is 0. The second-order valence-electron chi connectivity index (χ2n) is 3.96. The van der Waals surface area contributed by atoms with E-state index in [4.69, 9.17) is 4.74 Å². The summed E-state index contributed by atoms with van der Waals surface area (Å²) >= 11 is 3.10. The van der Waals surface area contributed by atoms with Gasteiger partial charge in [0.05, 0.1) is 10.6 Å². The Bertz CT molecular complexity index is 534. The van der Waals surface area contributed by atoms with Crippen molar-refractivity contribution in [3.63, 3.8) is 0 Å². The van der Waals surface area contributed by atoms with Crippen molar-refractivity contribution in [3.8, 4) is 0 Å². The highest BCUT2D eigenvalue weighted by Gasteiger charge is 2.26. The van der Waals surface area contributed by atoms with E-state index in [0.717, 1.165) is 19.3 Å². The van der Waals surface area contributed by atoms with Crippen LogP contribution in [0.15, 0.2) is 32.9 Å². The molecular formula is C11H13BrN2O3. The third-order valence-corrected chi connectivity index (χ3v) is 3.31. The Balaban J connectivity index is 2.24. The fourth-order valence-corrected chi connectivity index (χ4v) is 2.25. The van der Waals surface area contributed by atoms with Gasteiger partial charge in [-0.05, 0) is 35.2 Å². The predicted molar refractivity (Wildman–Crippen MR) is 67.0 cm³/mol. The van der Waals surface area contributed by atoms with Gasteiger partial charge in [0.25, 0.3) is 5.56 Å². The maximum atomic E-state index is 11.6. The Hall–Kier alpha value is -1.14. The number of hydrogen-bond donors (Lipinski definition) is 1. The molecule has 1 saturated heterocycles. The molecule has 17 heavy (non-hydrogen) atoms. The number of nitrogens with zero attached hydrogens (tertiary/aromatic N) is 1. The van der Waals surface area contributed by atoms with Gasteiger partial charge in [0.15, 0.2) is 0 Å². The minimum atomic E-state index is -0.442. The first-order chi connectivity index (χ1) is 8.11. The highest BCUT2D eigenvalue weighted by atomic mass is 79.9. The average molecular weight is 301 g/mol. The molecule has 0 spiro atoms. The molecule has 1 aromatic heterocycles. The number of rotatable bonds is 3. The smallest absolute Gasteiger partial charge is 0.330 e. The summed E-state index contributed by atoms with van der Waals surface area (Å²) in [5.41, 5.74) is -0.866. The van der Waals surface area contributed by atoms with Crippen molar-refractivity contribution < 1.29 is 4.74 Å². The summed E-state index contributed by atoms with van der Waals surface area (Å²) in [6, 6.07) is 0. The lowest BCUT2D eigenvalue weighted by molar-refractivity contribution is 0.000827. The molecule has 2 rings (SSSR count). The number of hydrogen-bond acceptors (Lipinski definition) is 3. The molecule has 92 valence electrons. The van der Waals surface area contributed by atoms with Gasteiger partial charge >= 0.3 is 5.69 Å². The van der Waals surface area contributed by atoms with E-state index in [9.17, 15) is 9.59 Å². The predicted octanol–water partition coefficient (Wildman–Crippen LogP) is 1.55. The topological polar surface area (TPSA) is 64.1 Å². The monoisotopic (exact) mass is 300 g/mol. The highest BCUT2D eigenvalue weighted by Crippen LogP contribution is 2.28. The Morgan fingerprint density at radius 3 is 3.06 bits per heavy atom. The van der Waals surface area contributed by atoms with Crippen molar-refractivity contribution in [2.24, 2.45) is 0 Å². The largest absolute Gasteiger partial charge is 0.354 e. The number of halogens is 1. The molecule has 0 saturated carbocycles. The zero-order valence-electron chi connectivity index (χ0n) is 9.19. The van der Waals surface area contributed by atoms with Gasteiger partial charge in [0.2, 0.25) is 0 Å². The van der Waals surface area contributed by atoms with Gasteiger partial charge in [-0.2, -0.15) is 0 Å². The van der Waals surface area contributed by atoms with Crippen LogP contribution in [0.3, 0.4) is 0 Å². The van der Waals surface area contributed by atoms with Gasteiger partial charge in [-0.1, -0.05) is 6.08 Å². The molecule has 1 fully saturated rings. The lowest BCUT2D eigenvalue weighted by Gasteiger charge is -2.14. The standard InChI is InChI=1S/C11H13BrN2O3/c1-2-3-7-4-5-9(17-7)14-6-8(12)10(15)13-11(14)16/h2,6-7,9H,1,3-5H2,(H,13,15,16)/t7-,9-/m1/s1. The van der Waals surface area contributed by atoms with Gasteiger partial charge in [0.1, 0.15) is 6.23 Å². The lowest BCUT2D eigenvalue weighted by Crippen LogP contribution is -2.32. The van der Waals surface area contributed by atoms with E-state index in [-0.39, 0.29) is 12.3 Å². The zero-order valence-corrected chi connectivity index (χ0v) is 10.8. The third-order valence-electron chi connectivity index (χ3n) is 2.75. The van der Waals surface area contributed by atoms with E-state index in [2.05, 4.69) is 27.5 Å². The number of H-pyrrole nitrogens is 1. The van der Waals surface area contributed by atoms with Crippen molar-refractivity contribution in [1.82, 2.24) is 9.55 Å². The fourth-order valence-electron chi connectivity index (χ4n) is 1.93. The molecule has 0 aromatic carbocycles. The fraction of sp³-hybridized carbons (Fsp3) is 0.455. The summed E-state index contributed by atoms with van der Waals surface area (Å²) in [5, 5.41) is 0. The van der Waals surface area contributed by atoms with Gasteiger partial charge in [-0.25, -0.2) is 4.79 Å². The molecule has 1 aromatic rings. The first-order valence-corrected chi connectivity index (χ1v) is 6.18. The van der Waals surface area contributed by atoms with Crippen molar-refractivity contribution in [2.45, 2.75) is 31.6 Å².